The second kappa shape index (κ2) is 8.43. The minimum Gasteiger partial charge on any atom is -0.480 e. The third-order valence-electron chi connectivity index (χ3n) is 3.05. The van der Waals surface area contributed by atoms with Crippen LogP contribution in [0.25, 0.3) is 6.08 Å². The predicted molar refractivity (Wildman–Crippen MR) is 94.3 cm³/mol. The van der Waals surface area contributed by atoms with Crippen LogP contribution in [0, 0.1) is 0 Å². The van der Waals surface area contributed by atoms with E-state index in [1.165, 1.54) is 25.3 Å². The van der Waals surface area contributed by atoms with Gasteiger partial charge in [-0.15, -0.1) is 0 Å². The minimum absolute atomic E-state index is 0.0339. The highest BCUT2D eigenvalue weighted by molar-refractivity contribution is 8.18. The van der Waals surface area contributed by atoms with Gasteiger partial charge in [-0.05, 0) is 35.5 Å². The highest BCUT2D eigenvalue weighted by Gasteiger charge is 2.36. The average Bonchev–Trinajstić information content (AvgIpc) is 2.81. The number of aliphatic carboxylic acids is 1. The van der Waals surface area contributed by atoms with Gasteiger partial charge in [-0.1, -0.05) is 23.2 Å². The molecular formula is C15H11Cl2NO7S. The number of halogens is 2. The number of thioether (sulfide) groups is 1. The quantitative estimate of drug-likeness (QED) is 0.553. The smallest absolute Gasteiger partial charge is 0.343 e. The van der Waals surface area contributed by atoms with E-state index in [-0.39, 0.29) is 27.3 Å². The van der Waals surface area contributed by atoms with Crippen LogP contribution in [0.15, 0.2) is 17.0 Å². The number of amides is 2. The molecule has 138 valence electrons. The summed E-state index contributed by atoms with van der Waals surface area (Å²) in [6.45, 7) is -1.10. The predicted octanol–water partition coefficient (Wildman–Crippen LogP) is 2.67. The summed E-state index contributed by atoms with van der Waals surface area (Å²) >= 11 is 12.8. The molecule has 8 nitrogen and oxygen atoms in total. The maximum Gasteiger partial charge on any atom is 0.343 e. The van der Waals surface area contributed by atoms with Gasteiger partial charge in [0.25, 0.3) is 11.1 Å². The van der Waals surface area contributed by atoms with Crippen molar-refractivity contribution in [1.29, 1.82) is 0 Å². The van der Waals surface area contributed by atoms with Crippen molar-refractivity contribution in [3.63, 3.8) is 0 Å². The maximum atomic E-state index is 12.1. The number of carbonyl (C=O) groups excluding carboxylic acids is 3. The van der Waals surface area contributed by atoms with Crippen LogP contribution >= 0.6 is 35.0 Å². The molecule has 1 aromatic rings. The summed E-state index contributed by atoms with van der Waals surface area (Å²) in [5.74, 6) is -2.57. The summed E-state index contributed by atoms with van der Waals surface area (Å²) in [6, 6.07) is 2.84. The van der Waals surface area contributed by atoms with Crippen LogP contribution in [0.5, 0.6) is 5.75 Å². The highest BCUT2D eigenvalue weighted by atomic mass is 35.5. The molecule has 11 heteroatoms. The van der Waals surface area contributed by atoms with Crippen molar-refractivity contribution >= 4 is 64.1 Å². The first kappa shape index (κ1) is 20.1. The Labute approximate surface area is 161 Å². The summed E-state index contributed by atoms with van der Waals surface area (Å²) in [5, 5.41) is 8.22. The molecule has 1 heterocycles. The van der Waals surface area contributed by atoms with Gasteiger partial charge >= 0.3 is 11.9 Å². The summed E-state index contributed by atoms with van der Waals surface area (Å²) < 4.78 is 9.63. The van der Waals surface area contributed by atoms with E-state index in [2.05, 4.69) is 4.74 Å². The minimum atomic E-state index is -1.30. The molecule has 1 aliphatic heterocycles. The van der Waals surface area contributed by atoms with Gasteiger partial charge in [-0.25, -0.2) is 4.79 Å². The molecule has 0 saturated carbocycles. The van der Waals surface area contributed by atoms with Gasteiger partial charge in [-0.2, -0.15) is 0 Å². The van der Waals surface area contributed by atoms with Gasteiger partial charge in [0, 0.05) is 0 Å². The summed E-state index contributed by atoms with van der Waals surface area (Å²) in [7, 11) is 1.20. The molecule has 0 bridgehead atoms. The third-order valence-corrected chi connectivity index (χ3v) is 4.52. The van der Waals surface area contributed by atoms with E-state index in [0.29, 0.717) is 22.2 Å². The van der Waals surface area contributed by atoms with Crippen LogP contribution < -0.4 is 4.74 Å². The number of carboxylic acids is 1. The van der Waals surface area contributed by atoms with E-state index >= 15 is 0 Å². The van der Waals surface area contributed by atoms with Gasteiger partial charge in [0.05, 0.1) is 22.1 Å². The van der Waals surface area contributed by atoms with Crippen molar-refractivity contribution in [2.45, 2.75) is 0 Å². The van der Waals surface area contributed by atoms with Crippen molar-refractivity contribution in [1.82, 2.24) is 4.90 Å². The Hall–Kier alpha value is -2.23. The molecule has 2 amide bonds. The zero-order valence-electron chi connectivity index (χ0n) is 13.2. The molecule has 0 aliphatic carbocycles. The van der Waals surface area contributed by atoms with E-state index in [4.69, 9.17) is 33.0 Å². The molecule has 0 atom stereocenters. The highest BCUT2D eigenvalue weighted by Crippen LogP contribution is 2.37. The van der Waals surface area contributed by atoms with E-state index in [9.17, 15) is 19.2 Å². The zero-order valence-corrected chi connectivity index (χ0v) is 15.5. The normalized spacial score (nSPS) is 15.5. The summed E-state index contributed by atoms with van der Waals surface area (Å²) in [6.07, 6.45) is 1.36. The second-order valence-corrected chi connectivity index (χ2v) is 6.65. The Morgan fingerprint density at radius 2 is 1.88 bits per heavy atom. The fourth-order valence-corrected chi connectivity index (χ4v) is 3.37. The van der Waals surface area contributed by atoms with Crippen molar-refractivity contribution in [3.8, 4) is 5.75 Å². The molecule has 1 N–H and O–H groups in total. The third kappa shape index (κ3) is 4.69. The van der Waals surface area contributed by atoms with Gasteiger partial charge < -0.3 is 14.6 Å². The first-order valence-electron chi connectivity index (χ1n) is 6.88. The molecule has 0 unspecified atom stereocenters. The molecule has 0 aromatic heterocycles. The van der Waals surface area contributed by atoms with Gasteiger partial charge in [0.2, 0.25) is 0 Å². The van der Waals surface area contributed by atoms with E-state index in [1.807, 2.05) is 0 Å². The van der Waals surface area contributed by atoms with Crippen LogP contribution in [0.1, 0.15) is 5.56 Å². The molecule has 1 aromatic carbocycles. The fraction of sp³-hybridized carbons (Fsp3) is 0.200. The molecule has 1 aliphatic rings. The lowest BCUT2D eigenvalue weighted by Crippen LogP contribution is -2.33. The van der Waals surface area contributed by atoms with Crippen molar-refractivity contribution < 1.29 is 33.8 Å². The molecular weight excluding hydrogens is 409 g/mol. The van der Waals surface area contributed by atoms with Crippen molar-refractivity contribution in [2.75, 3.05) is 20.3 Å². The number of carboxylic acid groups (broad SMARTS) is 1. The Morgan fingerprint density at radius 3 is 2.42 bits per heavy atom. The Bertz CT molecular complexity index is 801. The number of esters is 1. The van der Waals surface area contributed by atoms with Crippen molar-refractivity contribution in [2.24, 2.45) is 0 Å². The monoisotopic (exact) mass is 419 g/mol. The lowest BCUT2D eigenvalue weighted by molar-refractivity contribution is -0.143. The van der Waals surface area contributed by atoms with E-state index < -0.39 is 29.6 Å². The van der Waals surface area contributed by atoms with Crippen LogP contribution in [-0.2, 0) is 19.1 Å². The number of ether oxygens (including phenoxy) is 2. The number of rotatable bonds is 6. The number of imide groups is 1. The average molecular weight is 420 g/mol. The second-order valence-electron chi connectivity index (χ2n) is 4.84. The summed E-state index contributed by atoms with van der Waals surface area (Å²) in [4.78, 5) is 46.3. The number of carbonyl (C=O) groups is 4. The van der Waals surface area contributed by atoms with Gasteiger partial charge in [-0.3, -0.25) is 19.3 Å². The number of hydrogen-bond donors (Lipinski definition) is 1. The van der Waals surface area contributed by atoms with E-state index in [0.717, 1.165) is 0 Å². The Kier molecular flexibility index (Phi) is 6.52. The standard InChI is InChI=1S/C15H11Cl2NO7S/c1-24-12(21)6-25-13-8(16)2-7(3-9(13)17)4-10-14(22)18(5-11(19)20)15(23)26-10/h2-4H,5-6H2,1H3,(H,19,20)/b10-4+. The first-order valence-corrected chi connectivity index (χ1v) is 8.46. The lowest BCUT2D eigenvalue weighted by atomic mass is 10.2. The molecule has 2 rings (SSSR count). The van der Waals surface area contributed by atoms with Crippen LogP contribution in [-0.4, -0.2) is 53.4 Å². The molecule has 0 spiro atoms. The summed E-state index contributed by atoms with van der Waals surface area (Å²) in [5.41, 5.74) is 0.395. The topological polar surface area (TPSA) is 110 Å². The number of benzene rings is 1. The SMILES string of the molecule is COC(=O)COc1c(Cl)cc(/C=C2/SC(=O)N(CC(=O)O)C2=O)cc1Cl. The lowest BCUT2D eigenvalue weighted by Gasteiger charge is -2.10. The van der Waals surface area contributed by atoms with Crippen LogP contribution in [0.4, 0.5) is 4.79 Å². The van der Waals surface area contributed by atoms with Gasteiger partial charge in [0.15, 0.2) is 12.4 Å². The maximum absolute atomic E-state index is 12.1. The number of nitrogens with zero attached hydrogens (tertiary/aromatic N) is 1. The number of methoxy groups -OCH3 is 1. The fourth-order valence-electron chi connectivity index (χ4n) is 1.91. The van der Waals surface area contributed by atoms with Gasteiger partial charge in [0.1, 0.15) is 6.54 Å². The van der Waals surface area contributed by atoms with Crippen LogP contribution in [0.3, 0.4) is 0 Å². The zero-order chi connectivity index (χ0) is 19.4. The Balaban J connectivity index is 2.23. The molecule has 0 radical (unpaired) electrons. The largest absolute Gasteiger partial charge is 0.480 e. The van der Waals surface area contributed by atoms with Crippen LogP contribution in [0.2, 0.25) is 10.0 Å². The van der Waals surface area contributed by atoms with E-state index in [1.54, 1.807) is 0 Å². The number of hydrogen-bond acceptors (Lipinski definition) is 7. The molecule has 1 fully saturated rings. The molecule has 26 heavy (non-hydrogen) atoms. The van der Waals surface area contributed by atoms with Crippen molar-refractivity contribution in [3.05, 3.63) is 32.6 Å². The Morgan fingerprint density at radius 1 is 1.27 bits per heavy atom. The first-order chi connectivity index (χ1) is 12.2. The molecule has 1 saturated heterocycles.